The molecule has 0 aromatic carbocycles. The number of rotatable bonds is 7. The van der Waals surface area contributed by atoms with E-state index in [0.717, 1.165) is 5.57 Å². The van der Waals surface area contributed by atoms with Crippen LogP contribution in [0, 0.1) is 0 Å². The van der Waals surface area contributed by atoms with Crippen LogP contribution in [0.5, 0.6) is 0 Å². The molecule has 0 aliphatic rings. The van der Waals surface area contributed by atoms with Gasteiger partial charge in [0, 0.05) is 27.2 Å². The Bertz CT molecular complexity index is 193. The van der Waals surface area contributed by atoms with Crippen LogP contribution in [0.15, 0.2) is 12.2 Å². The lowest BCUT2D eigenvalue weighted by Gasteiger charge is -2.17. The van der Waals surface area contributed by atoms with E-state index >= 15 is 0 Å². The number of nitrogens with zero attached hydrogens (tertiary/aromatic N) is 1. The summed E-state index contributed by atoms with van der Waals surface area (Å²) in [6, 6.07) is 0. The molecule has 0 aliphatic carbocycles. The molecule has 14 heavy (non-hydrogen) atoms. The molecule has 1 N–H and O–H groups in total. The zero-order valence-corrected chi connectivity index (χ0v) is 9.30. The molecule has 0 aromatic rings. The van der Waals surface area contributed by atoms with Gasteiger partial charge in [-0.25, -0.2) is 0 Å². The normalized spacial score (nSPS) is 9.93. The second-order valence-corrected chi connectivity index (χ2v) is 3.38. The summed E-state index contributed by atoms with van der Waals surface area (Å²) in [5, 5.41) is 2.99. The molecule has 0 aromatic heterocycles. The van der Waals surface area contributed by atoms with Crippen molar-refractivity contribution < 1.29 is 9.53 Å². The number of likely N-dealkylation sites (N-methyl/N-ethyl adjacent to an activating group) is 1. The highest BCUT2D eigenvalue weighted by Crippen LogP contribution is 1.92. The maximum absolute atomic E-state index is 11.4. The minimum absolute atomic E-state index is 0.0732. The van der Waals surface area contributed by atoms with Crippen LogP contribution in [0.1, 0.15) is 6.92 Å². The van der Waals surface area contributed by atoms with Gasteiger partial charge in [-0.3, -0.25) is 4.79 Å². The highest BCUT2D eigenvalue weighted by molar-refractivity contribution is 5.78. The number of nitrogens with one attached hydrogen (secondary N) is 1. The SMILES string of the molecule is C=C(C)CN(C)C(=O)CNCCOC. The van der Waals surface area contributed by atoms with E-state index in [2.05, 4.69) is 11.9 Å². The van der Waals surface area contributed by atoms with E-state index in [1.54, 1.807) is 19.1 Å². The molecule has 0 heterocycles. The van der Waals surface area contributed by atoms with E-state index in [-0.39, 0.29) is 5.91 Å². The Morgan fingerprint density at radius 3 is 2.71 bits per heavy atom. The molecule has 0 radical (unpaired) electrons. The maximum Gasteiger partial charge on any atom is 0.236 e. The van der Waals surface area contributed by atoms with Gasteiger partial charge in [-0.1, -0.05) is 12.2 Å². The van der Waals surface area contributed by atoms with Gasteiger partial charge < -0.3 is 15.0 Å². The Morgan fingerprint density at radius 1 is 1.57 bits per heavy atom. The topological polar surface area (TPSA) is 41.6 Å². The molecule has 0 aliphatic heterocycles. The van der Waals surface area contributed by atoms with Gasteiger partial charge in [-0.2, -0.15) is 0 Å². The average molecular weight is 200 g/mol. The molecular weight excluding hydrogens is 180 g/mol. The van der Waals surface area contributed by atoms with Crippen molar-refractivity contribution in [1.82, 2.24) is 10.2 Å². The molecule has 0 atom stereocenters. The summed E-state index contributed by atoms with van der Waals surface area (Å²) in [5.41, 5.74) is 0.984. The summed E-state index contributed by atoms with van der Waals surface area (Å²) in [6.07, 6.45) is 0. The summed E-state index contributed by atoms with van der Waals surface area (Å²) < 4.78 is 4.85. The van der Waals surface area contributed by atoms with Crippen LogP contribution in [0.25, 0.3) is 0 Å². The van der Waals surface area contributed by atoms with E-state index in [1.165, 1.54) is 0 Å². The Morgan fingerprint density at radius 2 is 2.21 bits per heavy atom. The van der Waals surface area contributed by atoms with Gasteiger partial charge in [0.1, 0.15) is 0 Å². The zero-order valence-electron chi connectivity index (χ0n) is 9.30. The lowest BCUT2D eigenvalue weighted by Crippen LogP contribution is -2.37. The van der Waals surface area contributed by atoms with Gasteiger partial charge in [-0.05, 0) is 6.92 Å². The highest BCUT2D eigenvalue weighted by atomic mass is 16.5. The van der Waals surface area contributed by atoms with E-state index in [0.29, 0.717) is 26.2 Å². The smallest absolute Gasteiger partial charge is 0.236 e. The molecule has 0 spiro atoms. The molecule has 0 saturated heterocycles. The second-order valence-electron chi connectivity index (χ2n) is 3.38. The summed E-state index contributed by atoms with van der Waals surface area (Å²) in [6.45, 7) is 7.95. The summed E-state index contributed by atoms with van der Waals surface area (Å²) >= 11 is 0. The molecule has 0 rings (SSSR count). The van der Waals surface area contributed by atoms with Gasteiger partial charge in [0.15, 0.2) is 0 Å². The zero-order chi connectivity index (χ0) is 11.0. The van der Waals surface area contributed by atoms with Crippen LogP contribution in [0.3, 0.4) is 0 Å². The molecule has 82 valence electrons. The first-order chi connectivity index (χ1) is 6.57. The van der Waals surface area contributed by atoms with Crippen LogP contribution >= 0.6 is 0 Å². The Balaban J connectivity index is 3.57. The van der Waals surface area contributed by atoms with Gasteiger partial charge in [0.2, 0.25) is 5.91 Å². The number of hydrogen-bond acceptors (Lipinski definition) is 3. The van der Waals surface area contributed by atoms with Gasteiger partial charge >= 0.3 is 0 Å². The minimum atomic E-state index is 0.0732. The third-order valence-electron chi connectivity index (χ3n) is 1.69. The van der Waals surface area contributed by atoms with E-state index in [9.17, 15) is 4.79 Å². The van der Waals surface area contributed by atoms with Gasteiger partial charge in [-0.15, -0.1) is 0 Å². The lowest BCUT2D eigenvalue weighted by atomic mass is 10.3. The second kappa shape index (κ2) is 7.53. The molecule has 0 bridgehead atoms. The van der Waals surface area contributed by atoms with Crippen molar-refractivity contribution in [3.63, 3.8) is 0 Å². The van der Waals surface area contributed by atoms with Crippen molar-refractivity contribution in [2.45, 2.75) is 6.92 Å². The van der Waals surface area contributed by atoms with E-state index in [4.69, 9.17) is 4.74 Å². The third kappa shape index (κ3) is 6.62. The number of methoxy groups -OCH3 is 1. The van der Waals surface area contributed by atoms with Crippen molar-refractivity contribution >= 4 is 5.91 Å². The molecule has 4 heteroatoms. The number of amides is 1. The largest absolute Gasteiger partial charge is 0.383 e. The fraction of sp³-hybridized carbons (Fsp3) is 0.700. The van der Waals surface area contributed by atoms with Crippen LogP contribution in [-0.2, 0) is 9.53 Å². The molecular formula is C10H20N2O2. The van der Waals surface area contributed by atoms with Crippen molar-refractivity contribution in [2.24, 2.45) is 0 Å². The number of ether oxygens (including phenoxy) is 1. The molecule has 0 unspecified atom stereocenters. The lowest BCUT2D eigenvalue weighted by molar-refractivity contribution is -0.128. The van der Waals surface area contributed by atoms with Crippen molar-refractivity contribution in [2.75, 3.05) is 40.4 Å². The Kier molecular flexibility index (Phi) is 7.06. The van der Waals surface area contributed by atoms with Crippen molar-refractivity contribution in [3.8, 4) is 0 Å². The van der Waals surface area contributed by atoms with Crippen molar-refractivity contribution in [3.05, 3.63) is 12.2 Å². The number of carbonyl (C=O) groups excluding carboxylic acids is 1. The summed E-state index contributed by atoms with van der Waals surface area (Å²) in [5.74, 6) is 0.0732. The first-order valence-corrected chi connectivity index (χ1v) is 4.66. The first kappa shape index (κ1) is 13.1. The first-order valence-electron chi connectivity index (χ1n) is 4.66. The fourth-order valence-corrected chi connectivity index (χ4v) is 0.998. The fourth-order valence-electron chi connectivity index (χ4n) is 0.998. The predicted molar refractivity (Wildman–Crippen MR) is 57.2 cm³/mol. The molecule has 0 fully saturated rings. The number of carbonyl (C=O) groups is 1. The van der Waals surface area contributed by atoms with Crippen LogP contribution < -0.4 is 5.32 Å². The Labute approximate surface area is 85.9 Å². The van der Waals surface area contributed by atoms with Crippen LogP contribution in [0.2, 0.25) is 0 Å². The Hall–Kier alpha value is -0.870. The maximum atomic E-state index is 11.4. The number of hydrogen-bond donors (Lipinski definition) is 1. The van der Waals surface area contributed by atoms with Gasteiger partial charge in [0.05, 0.1) is 13.2 Å². The van der Waals surface area contributed by atoms with Gasteiger partial charge in [0.25, 0.3) is 0 Å². The molecule has 1 amide bonds. The summed E-state index contributed by atoms with van der Waals surface area (Å²) in [4.78, 5) is 13.1. The van der Waals surface area contributed by atoms with E-state index < -0.39 is 0 Å². The third-order valence-corrected chi connectivity index (χ3v) is 1.69. The molecule has 4 nitrogen and oxygen atoms in total. The summed E-state index contributed by atoms with van der Waals surface area (Å²) in [7, 11) is 3.41. The minimum Gasteiger partial charge on any atom is -0.383 e. The van der Waals surface area contributed by atoms with E-state index in [1.807, 2.05) is 6.92 Å². The van der Waals surface area contributed by atoms with Crippen LogP contribution in [-0.4, -0.2) is 51.2 Å². The monoisotopic (exact) mass is 200 g/mol. The molecule has 0 saturated carbocycles. The predicted octanol–water partition coefficient (Wildman–Crippen LogP) is 0.257. The van der Waals surface area contributed by atoms with Crippen molar-refractivity contribution in [1.29, 1.82) is 0 Å². The quantitative estimate of drug-likeness (QED) is 0.473. The standard InChI is InChI=1S/C10H20N2O2/c1-9(2)8-12(3)10(13)7-11-5-6-14-4/h11H,1,5-8H2,2-4H3. The average Bonchev–Trinajstić information content (AvgIpc) is 2.11. The highest BCUT2D eigenvalue weighted by Gasteiger charge is 2.06. The van der Waals surface area contributed by atoms with Crippen LogP contribution in [0.4, 0.5) is 0 Å².